The van der Waals surface area contributed by atoms with Crippen LogP contribution in [0.2, 0.25) is 0 Å². The van der Waals surface area contributed by atoms with Gasteiger partial charge in [0.2, 0.25) is 0 Å². The molecule has 0 aromatic carbocycles. The van der Waals surface area contributed by atoms with E-state index in [1.54, 1.807) is 0 Å². The lowest BCUT2D eigenvalue weighted by atomic mass is 10.3. The molecule has 0 aliphatic heterocycles. The predicted molar refractivity (Wildman–Crippen MR) is 70.0 cm³/mol. The van der Waals surface area contributed by atoms with Gasteiger partial charge in [-0.25, -0.2) is 4.98 Å². The lowest BCUT2D eigenvalue weighted by Gasteiger charge is -2.07. The zero-order chi connectivity index (χ0) is 12.1. The Bertz CT molecular complexity index is 364. The first kappa shape index (κ1) is 12.2. The Labute approximate surface area is 103 Å². The third kappa shape index (κ3) is 4.23. The van der Waals surface area contributed by atoms with Crippen LogP contribution in [-0.4, -0.2) is 24.7 Å². The summed E-state index contributed by atoms with van der Waals surface area (Å²) in [5.41, 5.74) is 7.32. The van der Waals surface area contributed by atoms with Crippen LogP contribution in [0.3, 0.4) is 0 Å². The molecule has 94 valence electrons. The molecular weight excluding hydrogens is 214 g/mol. The maximum atomic E-state index is 5.71. The molecule has 1 aromatic heterocycles. The van der Waals surface area contributed by atoms with E-state index < -0.39 is 0 Å². The van der Waals surface area contributed by atoms with E-state index in [4.69, 9.17) is 10.5 Å². The number of nitrogens with two attached hydrogens (primary N) is 1. The van der Waals surface area contributed by atoms with Crippen molar-refractivity contribution < 1.29 is 4.74 Å². The fourth-order valence-electron chi connectivity index (χ4n) is 1.60. The van der Waals surface area contributed by atoms with Gasteiger partial charge in [0.05, 0.1) is 11.4 Å². The first-order valence-electron chi connectivity index (χ1n) is 6.30. The molecule has 3 N–H and O–H groups in total. The van der Waals surface area contributed by atoms with Crippen molar-refractivity contribution in [1.82, 2.24) is 4.98 Å². The van der Waals surface area contributed by atoms with Crippen molar-refractivity contribution in [2.24, 2.45) is 5.92 Å². The summed E-state index contributed by atoms with van der Waals surface area (Å²) in [7, 11) is 0. The molecule has 0 unspecified atom stereocenters. The number of aromatic nitrogens is 1. The van der Waals surface area contributed by atoms with Crippen LogP contribution in [0.15, 0.2) is 12.1 Å². The van der Waals surface area contributed by atoms with E-state index in [9.17, 15) is 0 Å². The van der Waals surface area contributed by atoms with E-state index in [1.807, 2.05) is 19.1 Å². The summed E-state index contributed by atoms with van der Waals surface area (Å²) in [5, 5.41) is 3.27. The van der Waals surface area contributed by atoms with Crippen molar-refractivity contribution in [3.8, 4) is 0 Å². The molecule has 4 nitrogen and oxygen atoms in total. The smallest absolute Gasteiger partial charge is 0.126 e. The third-order valence-electron chi connectivity index (χ3n) is 2.95. The minimum Gasteiger partial charge on any atom is -0.397 e. The van der Waals surface area contributed by atoms with Gasteiger partial charge in [-0.3, -0.25) is 0 Å². The second kappa shape index (κ2) is 5.87. The Balaban J connectivity index is 1.58. The first-order valence-corrected chi connectivity index (χ1v) is 6.30. The van der Waals surface area contributed by atoms with Crippen LogP contribution < -0.4 is 11.1 Å². The number of aryl methyl sites for hydroxylation is 1. The second-order valence-corrected chi connectivity index (χ2v) is 4.67. The molecule has 0 atom stereocenters. The highest BCUT2D eigenvalue weighted by molar-refractivity contribution is 5.48. The van der Waals surface area contributed by atoms with E-state index in [0.717, 1.165) is 49.3 Å². The van der Waals surface area contributed by atoms with Gasteiger partial charge in [-0.2, -0.15) is 0 Å². The maximum Gasteiger partial charge on any atom is 0.126 e. The second-order valence-electron chi connectivity index (χ2n) is 4.67. The van der Waals surface area contributed by atoms with Gasteiger partial charge in [0.1, 0.15) is 5.82 Å². The normalized spacial score (nSPS) is 14.9. The van der Waals surface area contributed by atoms with Gasteiger partial charge in [0.25, 0.3) is 0 Å². The van der Waals surface area contributed by atoms with Crippen LogP contribution in [-0.2, 0) is 4.74 Å². The molecule has 0 amide bonds. The maximum absolute atomic E-state index is 5.71. The van der Waals surface area contributed by atoms with Gasteiger partial charge < -0.3 is 15.8 Å². The van der Waals surface area contributed by atoms with Crippen LogP contribution in [0, 0.1) is 12.8 Å². The third-order valence-corrected chi connectivity index (χ3v) is 2.95. The van der Waals surface area contributed by atoms with Crippen molar-refractivity contribution in [3.63, 3.8) is 0 Å². The summed E-state index contributed by atoms with van der Waals surface area (Å²) in [5.74, 6) is 1.74. The summed E-state index contributed by atoms with van der Waals surface area (Å²) in [6.45, 7) is 4.58. The standard InChI is InChI=1S/C13H21N3O/c1-10-12(14)5-6-13(16-10)15-7-2-8-17-9-11-3-4-11/h5-6,11H,2-4,7-9,14H2,1H3,(H,15,16). The summed E-state index contributed by atoms with van der Waals surface area (Å²) in [6.07, 6.45) is 3.72. The average molecular weight is 235 g/mol. The lowest BCUT2D eigenvalue weighted by Crippen LogP contribution is -2.08. The SMILES string of the molecule is Cc1nc(NCCCOCC2CC2)ccc1N. The number of nitrogen functional groups attached to an aromatic ring is 1. The van der Waals surface area contributed by atoms with E-state index in [-0.39, 0.29) is 0 Å². The predicted octanol–water partition coefficient (Wildman–Crippen LogP) is 2.20. The molecule has 2 rings (SSSR count). The van der Waals surface area contributed by atoms with Crippen LogP contribution in [0.5, 0.6) is 0 Å². The highest BCUT2D eigenvalue weighted by atomic mass is 16.5. The van der Waals surface area contributed by atoms with E-state index in [0.29, 0.717) is 0 Å². The number of anilines is 2. The topological polar surface area (TPSA) is 60.2 Å². The molecule has 0 radical (unpaired) electrons. The fraction of sp³-hybridized carbons (Fsp3) is 0.615. The zero-order valence-electron chi connectivity index (χ0n) is 10.4. The van der Waals surface area contributed by atoms with Gasteiger partial charge in [0, 0.05) is 19.8 Å². The fourth-order valence-corrected chi connectivity index (χ4v) is 1.60. The van der Waals surface area contributed by atoms with Crippen LogP contribution >= 0.6 is 0 Å². The Morgan fingerprint density at radius 1 is 1.47 bits per heavy atom. The van der Waals surface area contributed by atoms with Gasteiger partial charge >= 0.3 is 0 Å². The Morgan fingerprint density at radius 3 is 3.00 bits per heavy atom. The summed E-state index contributed by atoms with van der Waals surface area (Å²) >= 11 is 0. The summed E-state index contributed by atoms with van der Waals surface area (Å²) < 4.78 is 5.56. The Hall–Kier alpha value is -1.29. The van der Waals surface area contributed by atoms with Crippen molar-refractivity contribution in [2.75, 3.05) is 30.8 Å². The molecule has 0 bridgehead atoms. The molecule has 1 aliphatic rings. The minimum absolute atomic E-state index is 0.739. The first-order chi connectivity index (χ1) is 8.25. The number of hydrogen-bond acceptors (Lipinski definition) is 4. The van der Waals surface area contributed by atoms with Gasteiger partial charge in [-0.05, 0) is 44.2 Å². The molecule has 17 heavy (non-hydrogen) atoms. The van der Waals surface area contributed by atoms with Gasteiger partial charge in [-0.15, -0.1) is 0 Å². The van der Waals surface area contributed by atoms with Gasteiger partial charge in [0.15, 0.2) is 0 Å². The average Bonchev–Trinajstić information content (AvgIpc) is 3.12. The number of ether oxygens (including phenoxy) is 1. The number of nitrogens with one attached hydrogen (secondary N) is 1. The monoisotopic (exact) mass is 235 g/mol. The molecule has 1 aromatic rings. The van der Waals surface area contributed by atoms with Crippen molar-refractivity contribution in [3.05, 3.63) is 17.8 Å². The summed E-state index contributed by atoms with van der Waals surface area (Å²) in [6, 6.07) is 3.79. The van der Waals surface area contributed by atoms with Gasteiger partial charge in [-0.1, -0.05) is 0 Å². The van der Waals surface area contributed by atoms with Crippen molar-refractivity contribution in [2.45, 2.75) is 26.2 Å². The molecule has 1 fully saturated rings. The van der Waals surface area contributed by atoms with Crippen molar-refractivity contribution >= 4 is 11.5 Å². The molecule has 0 spiro atoms. The molecule has 4 heteroatoms. The molecule has 1 saturated carbocycles. The van der Waals surface area contributed by atoms with E-state index in [1.165, 1.54) is 12.8 Å². The van der Waals surface area contributed by atoms with E-state index in [2.05, 4.69) is 10.3 Å². The Morgan fingerprint density at radius 2 is 2.29 bits per heavy atom. The molecule has 1 heterocycles. The number of hydrogen-bond donors (Lipinski definition) is 2. The van der Waals surface area contributed by atoms with Crippen molar-refractivity contribution in [1.29, 1.82) is 0 Å². The van der Waals surface area contributed by atoms with Crippen LogP contribution in [0.4, 0.5) is 11.5 Å². The lowest BCUT2D eigenvalue weighted by molar-refractivity contribution is 0.124. The molecule has 0 saturated heterocycles. The highest BCUT2D eigenvalue weighted by Gasteiger charge is 2.20. The van der Waals surface area contributed by atoms with Crippen LogP contribution in [0.25, 0.3) is 0 Å². The molecular formula is C13H21N3O. The number of pyridine rings is 1. The highest BCUT2D eigenvalue weighted by Crippen LogP contribution is 2.28. The zero-order valence-corrected chi connectivity index (χ0v) is 10.4. The largest absolute Gasteiger partial charge is 0.397 e. The van der Waals surface area contributed by atoms with E-state index >= 15 is 0 Å². The number of nitrogens with zero attached hydrogens (tertiary/aromatic N) is 1. The Kier molecular flexibility index (Phi) is 4.20. The quantitative estimate of drug-likeness (QED) is 0.711. The minimum atomic E-state index is 0.739. The number of rotatable bonds is 7. The molecule has 1 aliphatic carbocycles. The summed E-state index contributed by atoms with van der Waals surface area (Å²) in [4.78, 5) is 4.35. The van der Waals surface area contributed by atoms with Crippen LogP contribution in [0.1, 0.15) is 25.0 Å².